The third-order valence-electron chi connectivity index (χ3n) is 5.50. The lowest BCUT2D eigenvalue weighted by atomic mass is 10.3. The van der Waals surface area contributed by atoms with Gasteiger partial charge >= 0.3 is 0 Å². The van der Waals surface area contributed by atoms with Crippen molar-refractivity contribution in [3.05, 3.63) is 48.5 Å². The maximum absolute atomic E-state index is 7.23. The predicted molar refractivity (Wildman–Crippen MR) is 147 cm³/mol. The standard InChI is InChI=1S/C24H40N2OS2Si2/c1-7-9-23(28-21-15-11-19(25)12-16-21)30(3,4)27-31(5,6)24(10-8-2)29-22-17-13-20(26)14-18-22/h11-18,23-24H,7-10,25-26H2,1-6H3. The molecule has 0 bridgehead atoms. The van der Waals surface area contributed by atoms with E-state index in [1.54, 1.807) is 0 Å². The Balaban J connectivity index is 2.18. The van der Waals surface area contributed by atoms with Gasteiger partial charge in [0, 0.05) is 30.9 Å². The van der Waals surface area contributed by atoms with Crippen molar-refractivity contribution in [2.75, 3.05) is 11.5 Å². The van der Waals surface area contributed by atoms with E-state index in [1.165, 1.54) is 35.5 Å². The number of benzene rings is 2. The van der Waals surface area contributed by atoms with Crippen LogP contribution in [0.25, 0.3) is 0 Å². The molecule has 0 saturated carbocycles. The van der Waals surface area contributed by atoms with Crippen LogP contribution in [0.3, 0.4) is 0 Å². The molecular formula is C24H40N2OS2Si2. The van der Waals surface area contributed by atoms with Gasteiger partial charge in [0.15, 0.2) is 16.6 Å². The molecule has 3 nitrogen and oxygen atoms in total. The second kappa shape index (κ2) is 11.8. The van der Waals surface area contributed by atoms with Gasteiger partial charge in [-0.2, -0.15) is 0 Å². The first-order chi connectivity index (χ1) is 14.6. The minimum atomic E-state index is -1.94. The normalized spacial score (nSPS) is 14.4. The lowest BCUT2D eigenvalue weighted by Gasteiger charge is -2.42. The fraction of sp³-hybridized carbons (Fsp3) is 0.500. The lowest BCUT2D eigenvalue weighted by Crippen LogP contribution is -2.55. The molecule has 31 heavy (non-hydrogen) atoms. The van der Waals surface area contributed by atoms with Crippen LogP contribution in [0, 0.1) is 0 Å². The topological polar surface area (TPSA) is 61.3 Å². The lowest BCUT2D eigenvalue weighted by molar-refractivity contribution is 0.521. The van der Waals surface area contributed by atoms with E-state index < -0.39 is 16.6 Å². The fourth-order valence-electron chi connectivity index (χ4n) is 3.85. The molecular weight excluding hydrogens is 453 g/mol. The molecule has 0 heterocycles. The summed E-state index contributed by atoms with van der Waals surface area (Å²) >= 11 is 3.97. The molecule has 0 aliphatic carbocycles. The van der Waals surface area contributed by atoms with Crippen molar-refractivity contribution in [1.29, 1.82) is 0 Å². The van der Waals surface area contributed by atoms with E-state index >= 15 is 0 Å². The summed E-state index contributed by atoms with van der Waals surface area (Å²) in [4.78, 5) is 3.63. The fourth-order valence-corrected chi connectivity index (χ4v) is 18.2. The second-order valence-electron chi connectivity index (χ2n) is 9.24. The van der Waals surface area contributed by atoms with Crippen LogP contribution in [0.5, 0.6) is 0 Å². The number of nitrogens with two attached hydrogens (primary N) is 2. The van der Waals surface area contributed by atoms with Gasteiger partial charge in [0.05, 0.1) is 0 Å². The largest absolute Gasteiger partial charge is 0.454 e. The highest BCUT2D eigenvalue weighted by Gasteiger charge is 2.43. The van der Waals surface area contributed by atoms with Crippen molar-refractivity contribution in [3.8, 4) is 0 Å². The third-order valence-corrected chi connectivity index (χ3v) is 19.6. The first-order valence-electron chi connectivity index (χ1n) is 11.3. The highest BCUT2D eigenvalue weighted by Crippen LogP contribution is 2.39. The van der Waals surface area contributed by atoms with Crippen LogP contribution in [0.2, 0.25) is 26.2 Å². The van der Waals surface area contributed by atoms with Gasteiger partial charge in [0.2, 0.25) is 0 Å². The number of anilines is 2. The van der Waals surface area contributed by atoms with Crippen molar-refractivity contribution < 1.29 is 4.12 Å². The van der Waals surface area contributed by atoms with Gasteiger partial charge in [-0.15, -0.1) is 23.5 Å². The quantitative estimate of drug-likeness (QED) is 0.182. The van der Waals surface area contributed by atoms with Crippen molar-refractivity contribution in [1.82, 2.24) is 0 Å². The minimum absolute atomic E-state index is 0.525. The first-order valence-corrected chi connectivity index (χ1v) is 19.0. The summed E-state index contributed by atoms with van der Waals surface area (Å²) in [6.45, 7) is 14.2. The van der Waals surface area contributed by atoms with Gasteiger partial charge in [-0.25, -0.2) is 0 Å². The Labute approximate surface area is 200 Å². The van der Waals surface area contributed by atoms with E-state index in [9.17, 15) is 0 Å². The smallest absolute Gasteiger partial charge is 0.186 e. The Morgan fingerprint density at radius 1 is 0.677 bits per heavy atom. The summed E-state index contributed by atoms with van der Waals surface area (Å²) in [6.07, 6.45) is 4.71. The van der Waals surface area contributed by atoms with Crippen molar-refractivity contribution in [2.45, 2.75) is 85.3 Å². The molecule has 2 rings (SSSR count). The van der Waals surface area contributed by atoms with E-state index in [4.69, 9.17) is 15.6 Å². The Hall–Kier alpha value is -0.866. The van der Waals surface area contributed by atoms with Gasteiger partial charge < -0.3 is 15.6 Å². The predicted octanol–water partition coefficient (Wildman–Crippen LogP) is 7.58. The molecule has 4 N–H and O–H groups in total. The Bertz CT molecular complexity index is 731. The van der Waals surface area contributed by atoms with Crippen LogP contribution in [0.15, 0.2) is 58.3 Å². The summed E-state index contributed by atoms with van der Waals surface area (Å²) in [5.74, 6) is 0. The summed E-state index contributed by atoms with van der Waals surface area (Å²) in [6, 6.07) is 16.6. The summed E-state index contributed by atoms with van der Waals surface area (Å²) in [7, 11) is -3.89. The van der Waals surface area contributed by atoms with Gasteiger partial charge in [-0.1, -0.05) is 26.7 Å². The molecule has 0 aromatic heterocycles. The van der Waals surface area contributed by atoms with Gasteiger partial charge in [0.1, 0.15) is 0 Å². The number of nitrogen functional groups attached to an aromatic ring is 2. The molecule has 172 valence electrons. The van der Waals surface area contributed by atoms with E-state index in [0.29, 0.717) is 9.75 Å². The second-order valence-corrected chi connectivity index (χ2v) is 21.3. The molecule has 2 unspecified atom stereocenters. The summed E-state index contributed by atoms with van der Waals surface area (Å²) < 4.78 is 7.23. The van der Waals surface area contributed by atoms with Crippen LogP contribution in [0.4, 0.5) is 11.4 Å². The highest BCUT2D eigenvalue weighted by atomic mass is 32.2. The monoisotopic (exact) mass is 492 g/mol. The van der Waals surface area contributed by atoms with E-state index in [1.807, 2.05) is 47.8 Å². The van der Waals surface area contributed by atoms with Gasteiger partial charge in [0.25, 0.3) is 0 Å². The summed E-state index contributed by atoms with van der Waals surface area (Å²) in [5, 5.41) is 0. The third kappa shape index (κ3) is 8.20. The molecule has 2 atom stereocenters. The molecule has 0 spiro atoms. The van der Waals surface area contributed by atoms with Crippen molar-refractivity contribution in [3.63, 3.8) is 0 Å². The van der Waals surface area contributed by atoms with Crippen LogP contribution >= 0.6 is 23.5 Å². The zero-order valence-corrected chi connectivity index (χ0v) is 23.6. The molecule has 0 radical (unpaired) electrons. The number of hydrogen-bond acceptors (Lipinski definition) is 5. The number of hydrogen-bond donors (Lipinski definition) is 2. The maximum Gasteiger partial charge on any atom is 0.186 e. The van der Waals surface area contributed by atoms with Crippen molar-refractivity contribution >= 4 is 51.5 Å². The molecule has 2 aromatic rings. The minimum Gasteiger partial charge on any atom is -0.454 e. The molecule has 0 aliphatic rings. The van der Waals surface area contributed by atoms with Crippen molar-refractivity contribution in [2.24, 2.45) is 0 Å². The Morgan fingerprint density at radius 2 is 1.00 bits per heavy atom. The number of thioether (sulfide) groups is 2. The van der Waals surface area contributed by atoms with Gasteiger partial charge in [-0.05, 0) is 87.6 Å². The molecule has 0 amide bonds. The van der Waals surface area contributed by atoms with E-state index in [0.717, 1.165) is 11.4 Å². The maximum atomic E-state index is 7.23. The van der Waals surface area contributed by atoms with Gasteiger partial charge in [-0.3, -0.25) is 0 Å². The highest BCUT2D eigenvalue weighted by molar-refractivity contribution is 8.02. The molecule has 0 fully saturated rings. The molecule has 7 heteroatoms. The summed E-state index contributed by atoms with van der Waals surface area (Å²) in [5.41, 5.74) is 13.4. The Morgan fingerprint density at radius 3 is 1.29 bits per heavy atom. The average molecular weight is 493 g/mol. The molecule has 0 saturated heterocycles. The van der Waals surface area contributed by atoms with E-state index in [-0.39, 0.29) is 0 Å². The molecule has 0 aliphatic heterocycles. The average Bonchev–Trinajstić information content (AvgIpc) is 2.69. The van der Waals surface area contributed by atoms with E-state index in [2.05, 4.69) is 64.3 Å². The van der Waals surface area contributed by atoms with Crippen LogP contribution in [-0.2, 0) is 4.12 Å². The SMILES string of the molecule is CCCC(Sc1ccc(N)cc1)[Si](C)(C)O[Si](C)(C)C(CCC)Sc1ccc(N)cc1. The Kier molecular flexibility index (Phi) is 10.1. The zero-order valence-electron chi connectivity index (χ0n) is 20.0. The molecule has 2 aromatic carbocycles. The zero-order chi connectivity index (χ0) is 23.1. The van der Waals surface area contributed by atoms with Crippen LogP contribution in [0.1, 0.15) is 39.5 Å². The first kappa shape index (κ1) is 26.4. The van der Waals surface area contributed by atoms with Crippen LogP contribution in [-0.4, -0.2) is 26.4 Å². The number of rotatable bonds is 12. The van der Waals surface area contributed by atoms with Crippen LogP contribution < -0.4 is 11.5 Å².